The summed E-state index contributed by atoms with van der Waals surface area (Å²) in [6.45, 7) is 7.68. The number of benzene rings is 1. The van der Waals surface area contributed by atoms with E-state index < -0.39 is 0 Å². The fraction of sp³-hybridized carbons (Fsp3) is 0.600. The van der Waals surface area contributed by atoms with Crippen molar-refractivity contribution in [3.63, 3.8) is 0 Å². The van der Waals surface area contributed by atoms with E-state index in [-0.39, 0.29) is 0 Å². The molecular weight excluding hydrogens is 194 g/mol. The molecule has 1 aromatic carbocycles. The molecule has 0 aromatic heterocycles. The highest BCUT2D eigenvalue weighted by Gasteiger charge is 2.30. The Kier molecular flexibility index (Phi) is 3.65. The van der Waals surface area contributed by atoms with Crippen LogP contribution in [-0.2, 0) is 6.42 Å². The van der Waals surface area contributed by atoms with Crippen molar-refractivity contribution in [1.29, 1.82) is 0 Å². The van der Waals surface area contributed by atoms with Crippen LogP contribution in [0.2, 0.25) is 0 Å². The summed E-state index contributed by atoms with van der Waals surface area (Å²) < 4.78 is 0. The molecule has 1 saturated carbocycles. The summed E-state index contributed by atoms with van der Waals surface area (Å²) in [5.41, 5.74) is 4.31. The summed E-state index contributed by atoms with van der Waals surface area (Å²) in [5.74, 6) is 0.932. The van der Waals surface area contributed by atoms with E-state index in [9.17, 15) is 0 Å². The molecule has 1 N–H and O–H groups in total. The minimum absolute atomic E-state index is 0.701. The lowest BCUT2D eigenvalue weighted by atomic mass is 9.98. The van der Waals surface area contributed by atoms with Crippen molar-refractivity contribution in [2.45, 2.75) is 46.1 Å². The van der Waals surface area contributed by atoms with Gasteiger partial charge >= 0.3 is 0 Å². The molecule has 0 heterocycles. The molecule has 0 aliphatic heterocycles. The van der Waals surface area contributed by atoms with Gasteiger partial charge in [0.1, 0.15) is 0 Å². The summed E-state index contributed by atoms with van der Waals surface area (Å²) >= 11 is 0. The van der Waals surface area contributed by atoms with Gasteiger partial charge in [0.15, 0.2) is 0 Å². The van der Waals surface area contributed by atoms with Crippen LogP contribution < -0.4 is 5.32 Å². The van der Waals surface area contributed by atoms with E-state index in [1.165, 1.54) is 36.0 Å². The van der Waals surface area contributed by atoms with Gasteiger partial charge in [-0.2, -0.15) is 0 Å². The molecule has 1 aromatic rings. The normalized spacial score (nSPS) is 17.4. The first kappa shape index (κ1) is 11.7. The molecule has 1 aliphatic carbocycles. The lowest BCUT2D eigenvalue weighted by molar-refractivity contribution is 0.472. The van der Waals surface area contributed by atoms with E-state index in [2.05, 4.69) is 44.3 Å². The molecule has 1 unspecified atom stereocenters. The highest BCUT2D eigenvalue weighted by molar-refractivity contribution is 5.30. The first-order chi connectivity index (χ1) is 7.70. The fourth-order valence-electron chi connectivity index (χ4n) is 2.35. The Labute approximate surface area is 99.3 Å². The Morgan fingerprint density at radius 3 is 2.56 bits per heavy atom. The van der Waals surface area contributed by atoms with Crippen molar-refractivity contribution >= 4 is 0 Å². The standard InChI is InChI=1S/C15H23N/c1-4-16-15(14-7-8-14)10-13-6-5-11(2)12(3)9-13/h5-6,9,14-16H,4,7-8,10H2,1-3H3. The molecule has 88 valence electrons. The zero-order valence-electron chi connectivity index (χ0n) is 10.7. The Morgan fingerprint density at radius 2 is 2.00 bits per heavy atom. The van der Waals surface area contributed by atoms with Gasteiger partial charge < -0.3 is 5.32 Å². The van der Waals surface area contributed by atoms with Crippen molar-refractivity contribution < 1.29 is 0 Å². The summed E-state index contributed by atoms with van der Waals surface area (Å²) in [5, 5.41) is 3.63. The molecule has 0 bridgehead atoms. The number of hydrogen-bond acceptors (Lipinski definition) is 1. The molecule has 0 saturated heterocycles. The predicted octanol–water partition coefficient (Wildman–Crippen LogP) is 3.23. The van der Waals surface area contributed by atoms with Gasteiger partial charge in [-0.15, -0.1) is 0 Å². The van der Waals surface area contributed by atoms with E-state index in [0.717, 1.165) is 12.5 Å². The Morgan fingerprint density at radius 1 is 1.25 bits per heavy atom. The largest absolute Gasteiger partial charge is 0.314 e. The van der Waals surface area contributed by atoms with Gasteiger partial charge in [-0.25, -0.2) is 0 Å². The molecule has 16 heavy (non-hydrogen) atoms. The van der Waals surface area contributed by atoms with Gasteiger partial charge in [0.05, 0.1) is 0 Å². The first-order valence-corrected chi connectivity index (χ1v) is 6.50. The highest BCUT2D eigenvalue weighted by Crippen LogP contribution is 2.34. The topological polar surface area (TPSA) is 12.0 Å². The third-order valence-electron chi connectivity index (χ3n) is 3.68. The van der Waals surface area contributed by atoms with E-state index in [4.69, 9.17) is 0 Å². The summed E-state index contributed by atoms with van der Waals surface area (Å²) in [7, 11) is 0. The third-order valence-corrected chi connectivity index (χ3v) is 3.68. The second-order valence-corrected chi connectivity index (χ2v) is 5.12. The minimum Gasteiger partial charge on any atom is -0.314 e. The Hall–Kier alpha value is -0.820. The molecule has 1 atom stereocenters. The number of nitrogens with one attached hydrogen (secondary N) is 1. The minimum atomic E-state index is 0.701. The highest BCUT2D eigenvalue weighted by atomic mass is 14.9. The van der Waals surface area contributed by atoms with E-state index >= 15 is 0 Å². The number of likely N-dealkylation sites (N-methyl/N-ethyl adjacent to an activating group) is 1. The maximum atomic E-state index is 3.63. The monoisotopic (exact) mass is 217 g/mol. The third kappa shape index (κ3) is 2.85. The lowest BCUT2D eigenvalue weighted by Crippen LogP contribution is -2.32. The molecule has 0 radical (unpaired) electrons. The molecule has 0 amide bonds. The second-order valence-electron chi connectivity index (χ2n) is 5.12. The van der Waals surface area contributed by atoms with Gasteiger partial charge in [0.25, 0.3) is 0 Å². The van der Waals surface area contributed by atoms with Crippen LogP contribution in [-0.4, -0.2) is 12.6 Å². The smallest absolute Gasteiger partial charge is 0.0136 e. The van der Waals surface area contributed by atoms with Crippen LogP contribution in [0.5, 0.6) is 0 Å². The van der Waals surface area contributed by atoms with Crippen molar-refractivity contribution in [1.82, 2.24) is 5.32 Å². The van der Waals surface area contributed by atoms with Gasteiger partial charge in [0.2, 0.25) is 0 Å². The van der Waals surface area contributed by atoms with Gasteiger partial charge in [-0.3, -0.25) is 0 Å². The van der Waals surface area contributed by atoms with E-state index in [0.29, 0.717) is 6.04 Å². The average Bonchev–Trinajstić information content (AvgIpc) is 3.06. The zero-order chi connectivity index (χ0) is 11.5. The number of aryl methyl sites for hydroxylation is 2. The molecule has 2 rings (SSSR count). The number of hydrogen-bond donors (Lipinski definition) is 1. The van der Waals surface area contributed by atoms with E-state index in [1.54, 1.807) is 0 Å². The van der Waals surface area contributed by atoms with Crippen LogP contribution >= 0.6 is 0 Å². The van der Waals surface area contributed by atoms with Gasteiger partial charge in [0, 0.05) is 6.04 Å². The Balaban J connectivity index is 2.03. The summed E-state index contributed by atoms with van der Waals surface area (Å²) in [4.78, 5) is 0. The predicted molar refractivity (Wildman–Crippen MR) is 69.8 cm³/mol. The molecule has 0 spiro atoms. The van der Waals surface area contributed by atoms with Crippen LogP contribution in [0.15, 0.2) is 18.2 Å². The maximum absolute atomic E-state index is 3.63. The van der Waals surface area contributed by atoms with Crippen molar-refractivity contribution in [3.05, 3.63) is 34.9 Å². The van der Waals surface area contributed by atoms with Crippen LogP contribution in [0.1, 0.15) is 36.5 Å². The van der Waals surface area contributed by atoms with Gasteiger partial charge in [-0.1, -0.05) is 25.1 Å². The fourth-order valence-corrected chi connectivity index (χ4v) is 2.35. The van der Waals surface area contributed by atoms with Crippen molar-refractivity contribution in [2.75, 3.05) is 6.54 Å². The molecule has 1 aliphatic rings. The van der Waals surface area contributed by atoms with Crippen molar-refractivity contribution in [3.8, 4) is 0 Å². The Bertz CT molecular complexity index is 352. The summed E-state index contributed by atoms with van der Waals surface area (Å²) in [6, 6.07) is 7.59. The van der Waals surface area contributed by atoms with Crippen LogP contribution in [0.3, 0.4) is 0 Å². The van der Waals surface area contributed by atoms with Crippen LogP contribution in [0.4, 0.5) is 0 Å². The van der Waals surface area contributed by atoms with Gasteiger partial charge in [-0.05, 0) is 62.3 Å². The molecule has 1 heteroatoms. The second kappa shape index (κ2) is 5.01. The van der Waals surface area contributed by atoms with E-state index in [1.807, 2.05) is 0 Å². The SMILES string of the molecule is CCNC(Cc1ccc(C)c(C)c1)C1CC1. The summed E-state index contributed by atoms with van der Waals surface area (Å²) in [6.07, 6.45) is 4.03. The van der Waals surface area contributed by atoms with Crippen LogP contribution in [0, 0.1) is 19.8 Å². The van der Waals surface area contributed by atoms with Crippen molar-refractivity contribution in [2.24, 2.45) is 5.92 Å². The van der Waals surface area contributed by atoms with Crippen LogP contribution in [0.25, 0.3) is 0 Å². The zero-order valence-corrected chi connectivity index (χ0v) is 10.7. The maximum Gasteiger partial charge on any atom is 0.0136 e. The molecule has 1 nitrogen and oxygen atoms in total. The molecule has 1 fully saturated rings. The average molecular weight is 217 g/mol. The first-order valence-electron chi connectivity index (χ1n) is 6.50. The lowest BCUT2D eigenvalue weighted by Gasteiger charge is -2.17. The number of rotatable bonds is 5. The molecular formula is C15H23N. The quantitative estimate of drug-likeness (QED) is 0.798.